The van der Waals surface area contributed by atoms with Crippen molar-refractivity contribution in [1.29, 1.82) is 0 Å². The quantitative estimate of drug-likeness (QED) is 0.632. The summed E-state index contributed by atoms with van der Waals surface area (Å²) in [5, 5.41) is 0. The Labute approximate surface area is 85.3 Å². The summed E-state index contributed by atoms with van der Waals surface area (Å²) in [7, 11) is 0. The number of alkyl halides is 1. The fourth-order valence-electron chi connectivity index (χ4n) is 2.09. The summed E-state index contributed by atoms with van der Waals surface area (Å²) in [6, 6.07) is 0. The first-order valence-corrected chi connectivity index (χ1v) is 6.24. The average molecular weight is 233 g/mol. The first-order valence-electron chi connectivity index (χ1n) is 5.32. The van der Waals surface area contributed by atoms with E-state index in [1.54, 1.807) is 0 Å². The molecule has 0 radical (unpaired) electrons. The Balaban J connectivity index is 2.00. The van der Waals surface area contributed by atoms with Crippen molar-refractivity contribution >= 4 is 15.9 Å². The second kappa shape index (κ2) is 5.26. The van der Waals surface area contributed by atoms with Gasteiger partial charge < -0.3 is 0 Å². The summed E-state index contributed by atoms with van der Waals surface area (Å²) in [6.45, 7) is 4.64. The van der Waals surface area contributed by atoms with Crippen LogP contribution >= 0.6 is 15.9 Å². The zero-order valence-electron chi connectivity index (χ0n) is 8.35. The first-order chi connectivity index (χ1) is 5.68. The molecule has 0 amide bonds. The highest BCUT2D eigenvalue weighted by molar-refractivity contribution is 9.09. The molecule has 0 aliphatic heterocycles. The van der Waals surface area contributed by atoms with Crippen molar-refractivity contribution in [3.05, 3.63) is 0 Å². The largest absolute Gasteiger partial charge is 0.0891 e. The summed E-state index contributed by atoms with van der Waals surface area (Å²) in [4.78, 5) is 0.835. The lowest BCUT2D eigenvalue weighted by Gasteiger charge is -2.09. The highest BCUT2D eigenvalue weighted by Gasteiger charge is 2.21. The molecule has 1 rings (SSSR count). The Hall–Kier alpha value is 0.480. The normalized spacial score (nSPS) is 30.0. The van der Waals surface area contributed by atoms with Gasteiger partial charge in [0.15, 0.2) is 0 Å². The lowest BCUT2D eigenvalue weighted by Crippen LogP contribution is -1.96. The van der Waals surface area contributed by atoms with Gasteiger partial charge in [-0.05, 0) is 31.1 Å². The second-order valence-corrected chi connectivity index (χ2v) is 5.90. The highest BCUT2D eigenvalue weighted by Crippen LogP contribution is 2.33. The molecule has 0 heterocycles. The molecule has 1 aliphatic rings. The topological polar surface area (TPSA) is 0 Å². The van der Waals surface area contributed by atoms with E-state index in [9.17, 15) is 0 Å². The standard InChI is InChI=1S/C11H21Br/c1-9(2)4-3-5-10-6-7-11(12)8-10/h9-11H,3-8H2,1-2H3. The maximum absolute atomic E-state index is 3.70. The predicted octanol–water partition coefficient (Wildman–Crippen LogP) is 4.38. The van der Waals surface area contributed by atoms with Gasteiger partial charge in [-0.15, -0.1) is 0 Å². The molecule has 0 nitrogen and oxygen atoms in total. The molecule has 0 aromatic carbocycles. The number of rotatable bonds is 4. The Morgan fingerprint density at radius 2 is 2.08 bits per heavy atom. The van der Waals surface area contributed by atoms with Gasteiger partial charge in [-0.2, -0.15) is 0 Å². The molecule has 0 N–H and O–H groups in total. The van der Waals surface area contributed by atoms with E-state index in [0.29, 0.717) is 0 Å². The monoisotopic (exact) mass is 232 g/mol. The van der Waals surface area contributed by atoms with Gasteiger partial charge >= 0.3 is 0 Å². The van der Waals surface area contributed by atoms with Gasteiger partial charge in [0.25, 0.3) is 0 Å². The lowest BCUT2D eigenvalue weighted by molar-refractivity contribution is 0.442. The maximum atomic E-state index is 3.70. The van der Waals surface area contributed by atoms with Gasteiger partial charge in [0.1, 0.15) is 0 Å². The van der Waals surface area contributed by atoms with Crippen LogP contribution in [-0.2, 0) is 0 Å². The van der Waals surface area contributed by atoms with Crippen molar-refractivity contribution in [2.45, 2.75) is 57.2 Å². The molecule has 0 aromatic rings. The first kappa shape index (κ1) is 10.6. The Morgan fingerprint density at radius 1 is 1.33 bits per heavy atom. The Kier molecular flexibility index (Phi) is 4.63. The van der Waals surface area contributed by atoms with Crippen LogP contribution in [0.5, 0.6) is 0 Å². The molecule has 1 saturated carbocycles. The van der Waals surface area contributed by atoms with Gasteiger partial charge in [0.05, 0.1) is 0 Å². The minimum atomic E-state index is 0.835. The summed E-state index contributed by atoms with van der Waals surface area (Å²) in [5.41, 5.74) is 0. The van der Waals surface area contributed by atoms with Gasteiger partial charge in [-0.3, -0.25) is 0 Å². The Morgan fingerprint density at radius 3 is 2.58 bits per heavy atom. The number of hydrogen-bond donors (Lipinski definition) is 0. The summed E-state index contributed by atoms with van der Waals surface area (Å²) in [6.07, 6.45) is 8.64. The average Bonchev–Trinajstić information content (AvgIpc) is 2.35. The van der Waals surface area contributed by atoms with Crippen molar-refractivity contribution < 1.29 is 0 Å². The molecule has 72 valence electrons. The molecule has 1 fully saturated rings. The summed E-state index contributed by atoms with van der Waals surface area (Å²) < 4.78 is 0. The van der Waals surface area contributed by atoms with E-state index in [-0.39, 0.29) is 0 Å². The van der Waals surface area contributed by atoms with E-state index < -0.39 is 0 Å². The molecule has 0 saturated heterocycles. The van der Waals surface area contributed by atoms with Crippen molar-refractivity contribution in [3.8, 4) is 0 Å². The van der Waals surface area contributed by atoms with Crippen LogP contribution in [0.2, 0.25) is 0 Å². The number of halogens is 1. The van der Waals surface area contributed by atoms with E-state index in [4.69, 9.17) is 0 Å². The van der Waals surface area contributed by atoms with E-state index >= 15 is 0 Å². The third kappa shape index (κ3) is 3.93. The SMILES string of the molecule is CC(C)CCCC1CCC(Br)C1. The molecule has 2 atom stereocenters. The van der Waals surface area contributed by atoms with E-state index in [1.807, 2.05) is 0 Å². The van der Waals surface area contributed by atoms with Crippen molar-refractivity contribution in [1.82, 2.24) is 0 Å². The van der Waals surface area contributed by atoms with Gasteiger partial charge in [0, 0.05) is 4.83 Å². The maximum Gasteiger partial charge on any atom is 0.0148 e. The zero-order valence-corrected chi connectivity index (χ0v) is 9.94. The third-order valence-electron chi connectivity index (χ3n) is 2.87. The van der Waals surface area contributed by atoms with Crippen LogP contribution in [0.15, 0.2) is 0 Å². The molecule has 0 bridgehead atoms. The summed E-state index contributed by atoms with van der Waals surface area (Å²) >= 11 is 3.70. The molecule has 0 spiro atoms. The fraction of sp³-hybridized carbons (Fsp3) is 1.00. The van der Waals surface area contributed by atoms with Crippen molar-refractivity contribution in [3.63, 3.8) is 0 Å². The van der Waals surface area contributed by atoms with Crippen LogP contribution in [-0.4, -0.2) is 4.83 Å². The van der Waals surface area contributed by atoms with Crippen LogP contribution in [0.1, 0.15) is 52.4 Å². The van der Waals surface area contributed by atoms with Gasteiger partial charge in [-0.1, -0.05) is 49.0 Å². The van der Waals surface area contributed by atoms with Crippen LogP contribution in [0.25, 0.3) is 0 Å². The van der Waals surface area contributed by atoms with E-state index in [0.717, 1.165) is 16.7 Å². The van der Waals surface area contributed by atoms with E-state index in [2.05, 4.69) is 29.8 Å². The highest BCUT2D eigenvalue weighted by atomic mass is 79.9. The van der Waals surface area contributed by atoms with Gasteiger partial charge in [0.2, 0.25) is 0 Å². The predicted molar refractivity (Wildman–Crippen MR) is 58.7 cm³/mol. The molecular weight excluding hydrogens is 212 g/mol. The van der Waals surface area contributed by atoms with Crippen LogP contribution in [0.3, 0.4) is 0 Å². The molecule has 1 heteroatoms. The second-order valence-electron chi connectivity index (χ2n) is 4.60. The number of hydrogen-bond acceptors (Lipinski definition) is 0. The van der Waals surface area contributed by atoms with Crippen molar-refractivity contribution in [2.24, 2.45) is 11.8 Å². The van der Waals surface area contributed by atoms with Crippen LogP contribution < -0.4 is 0 Å². The molecule has 1 aliphatic carbocycles. The molecule has 0 aromatic heterocycles. The van der Waals surface area contributed by atoms with Gasteiger partial charge in [-0.25, -0.2) is 0 Å². The summed E-state index contributed by atoms with van der Waals surface area (Å²) in [5.74, 6) is 1.93. The van der Waals surface area contributed by atoms with Crippen LogP contribution in [0, 0.1) is 11.8 Å². The fourth-order valence-corrected chi connectivity index (χ4v) is 2.88. The van der Waals surface area contributed by atoms with Crippen LogP contribution in [0.4, 0.5) is 0 Å². The molecule has 12 heavy (non-hydrogen) atoms. The Bertz CT molecular complexity index is 120. The smallest absolute Gasteiger partial charge is 0.0148 e. The lowest BCUT2D eigenvalue weighted by atomic mass is 9.97. The zero-order chi connectivity index (χ0) is 8.97. The third-order valence-corrected chi connectivity index (χ3v) is 3.70. The molecule has 2 unspecified atom stereocenters. The molecular formula is C11H21Br. The minimum absolute atomic E-state index is 0.835. The van der Waals surface area contributed by atoms with Crippen molar-refractivity contribution in [2.75, 3.05) is 0 Å². The van der Waals surface area contributed by atoms with E-state index in [1.165, 1.54) is 38.5 Å². The minimum Gasteiger partial charge on any atom is -0.0891 e.